The van der Waals surface area contributed by atoms with Gasteiger partial charge in [-0.25, -0.2) is 4.31 Å². The number of fused-ring (bicyclic) bond motifs is 1. The molecule has 80 valence electrons. The van der Waals surface area contributed by atoms with Crippen LogP contribution in [-0.4, -0.2) is 21.9 Å². The van der Waals surface area contributed by atoms with Gasteiger partial charge < -0.3 is 0 Å². The lowest BCUT2D eigenvalue weighted by Crippen LogP contribution is -2.22. The van der Waals surface area contributed by atoms with Gasteiger partial charge in [0, 0.05) is 12.2 Å². The summed E-state index contributed by atoms with van der Waals surface area (Å²) < 4.78 is 1.13. The Bertz CT molecular complexity index is 458. The minimum Gasteiger partial charge on any atom is -0.268 e. The van der Waals surface area contributed by atoms with Gasteiger partial charge in [-0.05, 0) is 24.1 Å². The first-order valence-electron chi connectivity index (χ1n) is 4.73. The summed E-state index contributed by atoms with van der Waals surface area (Å²) in [5, 5.41) is 8.39. The van der Waals surface area contributed by atoms with Gasteiger partial charge in [0.15, 0.2) is 0 Å². The number of hydrogen-bond donors (Lipinski definition) is 0. The Kier molecular flexibility index (Phi) is 2.93. The Morgan fingerprint density at radius 1 is 1.19 bits per heavy atom. The lowest BCUT2D eigenvalue weighted by atomic mass is 10.1. The second-order valence-corrected chi connectivity index (χ2v) is 4.22. The van der Waals surface area contributed by atoms with Crippen LogP contribution in [0.5, 0.6) is 0 Å². The molecule has 0 spiro atoms. The summed E-state index contributed by atoms with van der Waals surface area (Å²) in [6.07, 6.45) is 0.318. The first kappa shape index (κ1) is 10.7. The second-order valence-electron chi connectivity index (χ2n) is 3.19. The number of imide groups is 1. The molecule has 0 aliphatic carbocycles. The molecule has 2 amide bonds. The van der Waals surface area contributed by atoms with Crippen molar-refractivity contribution in [2.75, 3.05) is 5.75 Å². The number of hydrogen-bond acceptors (Lipinski definition) is 4. The number of benzene rings is 1. The van der Waals surface area contributed by atoms with Crippen molar-refractivity contribution in [3.05, 3.63) is 35.4 Å². The van der Waals surface area contributed by atoms with E-state index >= 15 is 0 Å². The third-order valence-electron chi connectivity index (χ3n) is 2.19. The molecule has 0 fully saturated rings. The van der Waals surface area contributed by atoms with E-state index in [-0.39, 0.29) is 11.8 Å². The van der Waals surface area contributed by atoms with E-state index in [4.69, 9.17) is 5.26 Å². The van der Waals surface area contributed by atoms with Crippen LogP contribution < -0.4 is 0 Å². The normalized spacial score (nSPS) is 13.8. The van der Waals surface area contributed by atoms with E-state index in [0.717, 1.165) is 16.3 Å². The average Bonchev–Trinajstić information content (AvgIpc) is 2.55. The highest BCUT2D eigenvalue weighted by molar-refractivity contribution is 7.98. The molecule has 1 aliphatic rings. The van der Waals surface area contributed by atoms with E-state index in [1.165, 1.54) is 0 Å². The zero-order valence-electron chi connectivity index (χ0n) is 8.34. The molecular weight excluding hydrogens is 224 g/mol. The van der Waals surface area contributed by atoms with E-state index < -0.39 is 0 Å². The molecule has 1 aliphatic heterocycles. The highest BCUT2D eigenvalue weighted by atomic mass is 32.2. The van der Waals surface area contributed by atoms with Gasteiger partial charge in [0.05, 0.1) is 17.2 Å². The van der Waals surface area contributed by atoms with Gasteiger partial charge >= 0.3 is 0 Å². The molecule has 0 bridgehead atoms. The van der Waals surface area contributed by atoms with Gasteiger partial charge in [-0.2, -0.15) is 5.26 Å². The lowest BCUT2D eigenvalue weighted by molar-refractivity contribution is 0.0777. The van der Waals surface area contributed by atoms with Crippen LogP contribution in [0, 0.1) is 11.3 Å². The molecule has 0 unspecified atom stereocenters. The third kappa shape index (κ3) is 1.68. The Balaban J connectivity index is 2.19. The quantitative estimate of drug-likeness (QED) is 0.453. The molecule has 0 atom stereocenters. The van der Waals surface area contributed by atoms with Crippen molar-refractivity contribution in [2.24, 2.45) is 0 Å². The summed E-state index contributed by atoms with van der Waals surface area (Å²) in [6.45, 7) is 0. The fourth-order valence-electron chi connectivity index (χ4n) is 1.47. The maximum Gasteiger partial charge on any atom is 0.271 e. The monoisotopic (exact) mass is 232 g/mol. The standard InChI is InChI=1S/C11H8N2O2S/c12-6-3-7-16-13-10(14)8-4-1-2-5-9(8)11(13)15/h1-2,4-5H,3,7H2. The fraction of sp³-hybridized carbons (Fsp3) is 0.182. The first-order valence-corrected chi connectivity index (χ1v) is 5.67. The Labute approximate surface area is 97.0 Å². The summed E-state index contributed by atoms with van der Waals surface area (Å²) in [4.78, 5) is 23.6. The topological polar surface area (TPSA) is 61.2 Å². The molecule has 16 heavy (non-hydrogen) atoms. The Morgan fingerprint density at radius 3 is 2.25 bits per heavy atom. The summed E-state index contributed by atoms with van der Waals surface area (Å²) in [5.74, 6) is -0.130. The highest BCUT2D eigenvalue weighted by Crippen LogP contribution is 2.28. The molecule has 0 saturated heterocycles. The van der Waals surface area contributed by atoms with Crippen LogP contribution in [0.1, 0.15) is 27.1 Å². The van der Waals surface area contributed by atoms with E-state index in [1.54, 1.807) is 24.3 Å². The van der Waals surface area contributed by atoms with E-state index in [9.17, 15) is 9.59 Å². The van der Waals surface area contributed by atoms with Gasteiger partial charge in [-0.15, -0.1) is 0 Å². The Hall–Kier alpha value is -1.80. The molecular formula is C11H8N2O2S. The highest BCUT2D eigenvalue weighted by Gasteiger charge is 2.35. The van der Waals surface area contributed by atoms with Gasteiger partial charge in [0.1, 0.15) is 0 Å². The van der Waals surface area contributed by atoms with Gasteiger partial charge in [-0.3, -0.25) is 9.59 Å². The summed E-state index contributed by atoms with van der Waals surface area (Å²) in [7, 11) is 0. The average molecular weight is 232 g/mol. The van der Waals surface area contributed by atoms with Crippen LogP contribution in [0.4, 0.5) is 0 Å². The molecule has 1 aromatic rings. The van der Waals surface area contributed by atoms with Crippen molar-refractivity contribution in [3.8, 4) is 6.07 Å². The summed E-state index contributed by atoms with van der Waals surface area (Å²) in [6, 6.07) is 8.71. The van der Waals surface area contributed by atoms with Gasteiger partial charge in [0.25, 0.3) is 11.8 Å². The van der Waals surface area contributed by atoms with Crippen LogP contribution in [0.3, 0.4) is 0 Å². The predicted octanol–water partition coefficient (Wildman–Crippen LogP) is 1.84. The molecule has 4 nitrogen and oxygen atoms in total. The first-order chi connectivity index (χ1) is 7.75. The van der Waals surface area contributed by atoms with Crippen LogP contribution in [0.25, 0.3) is 0 Å². The van der Waals surface area contributed by atoms with Crippen LogP contribution in [-0.2, 0) is 0 Å². The zero-order chi connectivity index (χ0) is 11.5. The minimum absolute atomic E-state index is 0.288. The van der Waals surface area contributed by atoms with Crippen molar-refractivity contribution >= 4 is 23.8 Å². The number of amides is 2. The van der Waals surface area contributed by atoms with Gasteiger partial charge in [0.2, 0.25) is 0 Å². The molecule has 5 heteroatoms. The van der Waals surface area contributed by atoms with Crippen LogP contribution in [0.2, 0.25) is 0 Å². The predicted molar refractivity (Wildman–Crippen MR) is 59.6 cm³/mol. The van der Waals surface area contributed by atoms with Crippen LogP contribution in [0.15, 0.2) is 24.3 Å². The summed E-state index contributed by atoms with van der Waals surface area (Å²) >= 11 is 1.09. The molecule has 0 radical (unpaired) electrons. The van der Waals surface area contributed by atoms with E-state index in [1.807, 2.05) is 6.07 Å². The maximum absolute atomic E-state index is 11.8. The fourth-order valence-corrected chi connectivity index (χ4v) is 2.26. The summed E-state index contributed by atoms with van der Waals surface area (Å²) in [5.41, 5.74) is 0.883. The number of carbonyl (C=O) groups is 2. The molecule has 0 aromatic heterocycles. The largest absolute Gasteiger partial charge is 0.271 e. The number of nitrogens with zero attached hydrogens (tertiary/aromatic N) is 2. The molecule has 2 rings (SSSR count). The van der Waals surface area contributed by atoms with Crippen molar-refractivity contribution in [1.29, 1.82) is 5.26 Å². The van der Waals surface area contributed by atoms with Crippen molar-refractivity contribution in [1.82, 2.24) is 4.31 Å². The molecule has 1 heterocycles. The number of rotatable bonds is 3. The smallest absolute Gasteiger partial charge is 0.268 e. The van der Waals surface area contributed by atoms with E-state index in [0.29, 0.717) is 23.3 Å². The van der Waals surface area contributed by atoms with Gasteiger partial charge in [-0.1, -0.05) is 12.1 Å². The second kappa shape index (κ2) is 4.37. The van der Waals surface area contributed by atoms with Crippen molar-refractivity contribution in [2.45, 2.75) is 6.42 Å². The third-order valence-corrected chi connectivity index (χ3v) is 3.17. The van der Waals surface area contributed by atoms with E-state index in [2.05, 4.69) is 0 Å². The maximum atomic E-state index is 11.8. The number of carbonyl (C=O) groups excluding carboxylic acids is 2. The Morgan fingerprint density at radius 2 is 1.75 bits per heavy atom. The van der Waals surface area contributed by atoms with Crippen molar-refractivity contribution in [3.63, 3.8) is 0 Å². The van der Waals surface area contributed by atoms with Crippen molar-refractivity contribution < 1.29 is 9.59 Å². The number of nitriles is 1. The zero-order valence-corrected chi connectivity index (χ0v) is 9.16. The minimum atomic E-state index is -0.288. The molecule has 1 aromatic carbocycles. The lowest BCUT2D eigenvalue weighted by Gasteiger charge is -2.10. The molecule has 0 saturated carbocycles. The molecule has 0 N–H and O–H groups in total. The SMILES string of the molecule is N#CCCSN1C(=O)c2ccccc2C1=O. The van der Waals surface area contributed by atoms with Crippen LogP contribution >= 0.6 is 11.9 Å².